The van der Waals surface area contributed by atoms with E-state index in [1.807, 2.05) is 79.0 Å². The van der Waals surface area contributed by atoms with Crippen molar-refractivity contribution < 1.29 is 19.4 Å². The van der Waals surface area contributed by atoms with Crippen LogP contribution in [-0.4, -0.2) is 40.3 Å². The smallest absolute Gasteiger partial charge is 0.290 e. The number of rotatable bonds is 8. The molecule has 4 aromatic rings. The number of halogens is 1. The number of methoxy groups -OCH3 is 1. The molecule has 182 valence electrons. The van der Waals surface area contributed by atoms with E-state index in [9.17, 15) is 14.7 Å². The van der Waals surface area contributed by atoms with Crippen molar-refractivity contribution in [3.63, 3.8) is 0 Å². The first kappa shape index (κ1) is 23.9. The average molecular weight is 545 g/mol. The molecule has 0 bridgehead atoms. The number of ether oxygens (including phenoxy) is 1. The van der Waals surface area contributed by atoms with Gasteiger partial charge >= 0.3 is 0 Å². The topological polar surface area (TPSA) is 82.6 Å². The van der Waals surface area contributed by atoms with E-state index in [0.717, 1.165) is 37.8 Å². The number of hydrogen-bond donors (Lipinski definition) is 2. The Morgan fingerprint density at radius 3 is 2.56 bits per heavy atom. The standard InChI is InChI=1S/C29H25BrN2O4/c1-36-22-11-12-24-23(16-22)20(17-31-24)13-14-32-27(19-7-9-21(30)10-8-19)26(28(34)29(32)35)25(33)15-18-5-3-2-4-6-18/h2-12,16-17,27,31,34H,13-15H2,1H3/t27-/m0/s1. The lowest BCUT2D eigenvalue weighted by molar-refractivity contribution is -0.129. The van der Waals surface area contributed by atoms with Crippen molar-refractivity contribution in [1.29, 1.82) is 0 Å². The first-order valence-corrected chi connectivity index (χ1v) is 12.5. The molecule has 1 atom stereocenters. The molecule has 0 radical (unpaired) electrons. The molecule has 1 aliphatic rings. The highest BCUT2D eigenvalue weighted by Crippen LogP contribution is 2.39. The van der Waals surface area contributed by atoms with Gasteiger partial charge in [-0.25, -0.2) is 0 Å². The number of nitrogens with zero attached hydrogens (tertiary/aromatic N) is 1. The van der Waals surface area contributed by atoms with E-state index in [2.05, 4.69) is 20.9 Å². The molecule has 1 amide bonds. The van der Waals surface area contributed by atoms with Gasteiger partial charge in [0.1, 0.15) is 5.75 Å². The van der Waals surface area contributed by atoms with E-state index < -0.39 is 17.7 Å². The molecule has 0 fully saturated rings. The van der Waals surface area contributed by atoms with Crippen molar-refractivity contribution in [2.45, 2.75) is 18.9 Å². The molecule has 7 heteroatoms. The molecule has 0 spiro atoms. The van der Waals surface area contributed by atoms with E-state index in [0.29, 0.717) is 13.0 Å². The van der Waals surface area contributed by atoms with Crippen LogP contribution in [0, 0.1) is 0 Å². The Morgan fingerprint density at radius 1 is 1.08 bits per heavy atom. The van der Waals surface area contributed by atoms with Crippen LogP contribution in [0.1, 0.15) is 22.7 Å². The molecule has 0 saturated carbocycles. The van der Waals surface area contributed by atoms with Crippen molar-refractivity contribution in [2.24, 2.45) is 0 Å². The van der Waals surface area contributed by atoms with Gasteiger partial charge in [-0.15, -0.1) is 0 Å². The Kier molecular flexibility index (Phi) is 6.65. The van der Waals surface area contributed by atoms with Gasteiger partial charge in [-0.2, -0.15) is 0 Å². The predicted molar refractivity (Wildman–Crippen MR) is 142 cm³/mol. The number of hydrogen-bond acceptors (Lipinski definition) is 4. The van der Waals surface area contributed by atoms with Crippen LogP contribution < -0.4 is 4.74 Å². The second kappa shape index (κ2) is 10.0. The van der Waals surface area contributed by atoms with Crippen LogP contribution in [0.2, 0.25) is 0 Å². The number of aliphatic hydroxyl groups is 1. The number of benzene rings is 3. The van der Waals surface area contributed by atoms with Gasteiger partial charge in [0.25, 0.3) is 5.91 Å². The Bertz CT molecular complexity index is 1460. The number of amides is 1. The number of H-pyrrole nitrogens is 1. The molecule has 2 heterocycles. The lowest BCUT2D eigenvalue weighted by atomic mass is 9.93. The first-order chi connectivity index (χ1) is 17.5. The van der Waals surface area contributed by atoms with E-state index in [4.69, 9.17) is 4.74 Å². The van der Waals surface area contributed by atoms with Crippen LogP contribution in [0.25, 0.3) is 10.9 Å². The zero-order valence-electron chi connectivity index (χ0n) is 19.7. The summed E-state index contributed by atoms with van der Waals surface area (Å²) in [5.74, 6) is -0.512. The monoisotopic (exact) mass is 544 g/mol. The molecule has 2 N–H and O–H groups in total. The molecule has 0 saturated heterocycles. The molecule has 6 nitrogen and oxygen atoms in total. The summed E-state index contributed by atoms with van der Waals surface area (Å²) in [4.78, 5) is 31.5. The van der Waals surface area contributed by atoms with Gasteiger partial charge < -0.3 is 19.7 Å². The van der Waals surface area contributed by atoms with E-state index in [-0.39, 0.29) is 17.8 Å². The molecular weight excluding hydrogens is 520 g/mol. The maximum Gasteiger partial charge on any atom is 0.290 e. The highest BCUT2D eigenvalue weighted by molar-refractivity contribution is 9.10. The van der Waals surface area contributed by atoms with Crippen LogP contribution in [-0.2, 0) is 22.4 Å². The van der Waals surface area contributed by atoms with Crippen LogP contribution in [0.15, 0.2) is 94.8 Å². The zero-order chi connectivity index (χ0) is 25.2. The number of ketones is 1. The molecule has 0 aliphatic carbocycles. The quantitative estimate of drug-likeness (QED) is 0.298. The van der Waals surface area contributed by atoms with Crippen molar-refractivity contribution >= 4 is 38.5 Å². The summed E-state index contributed by atoms with van der Waals surface area (Å²) in [5.41, 5.74) is 3.74. The third-order valence-corrected chi connectivity index (χ3v) is 7.12. The van der Waals surface area contributed by atoms with Crippen LogP contribution in [0.3, 0.4) is 0 Å². The maximum atomic E-state index is 13.4. The maximum absolute atomic E-state index is 13.4. The summed E-state index contributed by atoms with van der Waals surface area (Å²) in [7, 11) is 1.63. The van der Waals surface area contributed by atoms with Crippen LogP contribution in [0.4, 0.5) is 0 Å². The van der Waals surface area contributed by atoms with Gasteiger partial charge in [0.2, 0.25) is 0 Å². The van der Waals surface area contributed by atoms with Crippen LogP contribution >= 0.6 is 15.9 Å². The minimum atomic E-state index is -0.665. The average Bonchev–Trinajstić information content (AvgIpc) is 3.41. The fraction of sp³-hybridized carbons (Fsp3) is 0.172. The van der Waals surface area contributed by atoms with Gasteiger partial charge in [-0.05, 0) is 53.4 Å². The van der Waals surface area contributed by atoms with Crippen molar-refractivity contribution in [3.05, 3.63) is 111 Å². The Balaban J connectivity index is 1.47. The fourth-order valence-corrected chi connectivity index (χ4v) is 5.03. The van der Waals surface area contributed by atoms with Gasteiger partial charge in [-0.3, -0.25) is 9.59 Å². The number of carbonyl (C=O) groups excluding carboxylic acids is 2. The minimum absolute atomic E-state index is 0.108. The fourth-order valence-electron chi connectivity index (χ4n) is 4.77. The first-order valence-electron chi connectivity index (χ1n) is 11.7. The second-order valence-electron chi connectivity index (χ2n) is 8.78. The number of carbonyl (C=O) groups is 2. The summed E-state index contributed by atoms with van der Waals surface area (Å²) in [6.07, 6.45) is 2.57. The SMILES string of the molecule is COc1ccc2[nH]cc(CCN3C(=O)C(O)=C(C(=O)Cc4ccccc4)[C@@H]3c3ccc(Br)cc3)c2c1. The summed E-state index contributed by atoms with van der Waals surface area (Å²) in [6.45, 7) is 0.329. The number of nitrogens with one attached hydrogen (secondary N) is 1. The third kappa shape index (κ3) is 4.54. The van der Waals surface area contributed by atoms with E-state index in [1.54, 1.807) is 12.0 Å². The lowest BCUT2D eigenvalue weighted by Crippen LogP contribution is -2.33. The number of fused-ring (bicyclic) bond motifs is 1. The Morgan fingerprint density at radius 2 is 1.83 bits per heavy atom. The third-order valence-electron chi connectivity index (χ3n) is 6.59. The highest BCUT2D eigenvalue weighted by Gasteiger charge is 2.43. The number of aliphatic hydroxyl groups excluding tert-OH is 1. The van der Waals surface area contributed by atoms with Crippen molar-refractivity contribution in [3.8, 4) is 5.75 Å². The van der Waals surface area contributed by atoms with Gasteiger partial charge in [0, 0.05) is 34.5 Å². The summed E-state index contributed by atoms with van der Waals surface area (Å²) in [6, 6.07) is 22.0. The largest absolute Gasteiger partial charge is 0.503 e. The minimum Gasteiger partial charge on any atom is -0.503 e. The Labute approximate surface area is 217 Å². The van der Waals surface area contributed by atoms with Crippen molar-refractivity contribution in [2.75, 3.05) is 13.7 Å². The van der Waals surface area contributed by atoms with E-state index in [1.165, 1.54) is 0 Å². The molecule has 5 rings (SSSR count). The molecule has 0 unspecified atom stereocenters. The highest BCUT2D eigenvalue weighted by atomic mass is 79.9. The zero-order valence-corrected chi connectivity index (χ0v) is 21.3. The lowest BCUT2D eigenvalue weighted by Gasteiger charge is -2.27. The summed E-state index contributed by atoms with van der Waals surface area (Å²) < 4.78 is 6.26. The second-order valence-corrected chi connectivity index (χ2v) is 9.69. The van der Waals surface area contributed by atoms with Gasteiger partial charge in [0.15, 0.2) is 11.5 Å². The van der Waals surface area contributed by atoms with E-state index >= 15 is 0 Å². The predicted octanol–water partition coefficient (Wildman–Crippen LogP) is 5.69. The van der Waals surface area contributed by atoms with Crippen LogP contribution in [0.5, 0.6) is 5.75 Å². The summed E-state index contributed by atoms with van der Waals surface area (Å²) in [5, 5.41) is 11.9. The molecule has 36 heavy (non-hydrogen) atoms. The normalized spacial score (nSPS) is 15.7. The number of aromatic amines is 1. The number of Topliss-reactive ketones (excluding diaryl/α,β-unsaturated/α-hetero) is 1. The molecular formula is C29H25BrN2O4. The summed E-state index contributed by atoms with van der Waals surface area (Å²) >= 11 is 3.45. The Hall–Kier alpha value is -3.84. The van der Waals surface area contributed by atoms with Gasteiger partial charge in [0.05, 0.1) is 18.7 Å². The molecule has 1 aromatic heterocycles. The van der Waals surface area contributed by atoms with Gasteiger partial charge in [-0.1, -0.05) is 58.4 Å². The van der Waals surface area contributed by atoms with Crippen molar-refractivity contribution in [1.82, 2.24) is 9.88 Å². The molecule has 1 aliphatic heterocycles. The molecule has 3 aromatic carbocycles. The number of aromatic nitrogens is 1.